The van der Waals surface area contributed by atoms with Crippen LogP contribution in [0.1, 0.15) is 22.2 Å². The number of aliphatic hydroxyl groups excluding tert-OH is 1. The number of rotatable bonds is 5. The number of urea groups is 1. The first-order valence-electron chi connectivity index (χ1n) is 6.65. The van der Waals surface area contributed by atoms with Gasteiger partial charge in [-0.2, -0.15) is 0 Å². The predicted molar refractivity (Wildman–Crippen MR) is 78.4 cm³/mol. The number of esters is 1. The van der Waals surface area contributed by atoms with E-state index >= 15 is 0 Å². The van der Waals surface area contributed by atoms with Crippen molar-refractivity contribution in [3.05, 3.63) is 53.7 Å². The maximum absolute atomic E-state index is 13.7. The summed E-state index contributed by atoms with van der Waals surface area (Å²) in [5.74, 6) is -1.06. The largest absolute Gasteiger partial charge is 0.467 e. The lowest BCUT2D eigenvalue weighted by Gasteiger charge is -2.11. The molecule has 23 heavy (non-hydrogen) atoms. The summed E-state index contributed by atoms with van der Waals surface area (Å²) in [6, 6.07) is 5.86. The smallest absolute Gasteiger partial charge is 0.337 e. The van der Waals surface area contributed by atoms with Gasteiger partial charge in [-0.05, 0) is 30.3 Å². The van der Waals surface area contributed by atoms with E-state index in [0.29, 0.717) is 5.76 Å². The summed E-state index contributed by atoms with van der Waals surface area (Å²) < 4.78 is 23.2. The second kappa shape index (κ2) is 7.41. The fourth-order valence-electron chi connectivity index (χ4n) is 1.80. The van der Waals surface area contributed by atoms with Crippen molar-refractivity contribution in [2.75, 3.05) is 19.0 Å². The molecule has 122 valence electrons. The predicted octanol–water partition coefficient (Wildman–Crippen LogP) is 2.06. The molecule has 0 aliphatic carbocycles. The molecule has 1 atom stereocenters. The molecule has 7 nitrogen and oxygen atoms in total. The molecule has 2 rings (SSSR count). The van der Waals surface area contributed by atoms with Crippen molar-refractivity contribution < 1.29 is 28.2 Å². The molecule has 8 heteroatoms. The van der Waals surface area contributed by atoms with Crippen LogP contribution in [-0.2, 0) is 4.74 Å². The highest BCUT2D eigenvalue weighted by Crippen LogP contribution is 2.17. The summed E-state index contributed by atoms with van der Waals surface area (Å²) in [7, 11) is 1.20. The van der Waals surface area contributed by atoms with Gasteiger partial charge in [-0.25, -0.2) is 14.0 Å². The van der Waals surface area contributed by atoms with E-state index in [9.17, 15) is 19.1 Å². The number of ether oxygens (including phenoxy) is 1. The summed E-state index contributed by atoms with van der Waals surface area (Å²) in [6.45, 7) is -0.127. The minimum absolute atomic E-state index is 0.0971. The SMILES string of the molecule is COC(=O)c1ccc(F)c(NC(=O)NCC(O)c2ccco2)c1. The van der Waals surface area contributed by atoms with Crippen LogP contribution in [0.5, 0.6) is 0 Å². The number of anilines is 1. The number of hydrogen-bond donors (Lipinski definition) is 3. The lowest BCUT2D eigenvalue weighted by Crippen LogP contribution is -2.32. The molecule has 2 aromatic rings. The molecular weight excluding hydrogens is 307 g/mol. The van der Waals surface area contributed by atoms with Gasteiger partial charge in [0.25, 0.3) is 0 Å². The highest BCUT2D eigenvalue weighted by atomic mass is 19.1. The summed E-state index contributed by atoms with van der Waals surface area (Å²) in [4.78, 5) is 23.1. The average molecular weight is 322 g/mol. The van der Waals surface area contributed by atoms with E-state index in [0.717, 1.165) is 12.1 Å². The molecule has 0 aliphatic heterocycles. The van der Waals surface area contributed by atoms with E-state index in [2.05, 4.69) is 15.4 Å². The quantitative estimate of drug-likeness (QED) is 0.732. The number of carbonyl (C=O) groups excluding carboxylic acids is 2. The summed E-state index contributed by atoms with van der Waals surface area (Å²) in [5, 5.41) is 14.4. The van der Waals surface area contributed by atoms with Gasteiger partial charge in [-0.3, -0.25) is 0 Å². The summed E-state index contributed by atoms with van der Waals surface area (Å²) in [6.07, 6.45) is 0.369. The molecule has 1 aromatic carbocycles. The van der Waals surface area contributed by atoms with Crippen LogP contribution in [0.3, 0.4) is 0 Å². The molecule has 1 aromatic heterocycles. The van der Waals surface area contributed by atoms with Crippen LogP contribution >= 0.6 is 0 Å². The van der Waals surface area contributed by atoms with Gasteiger partial charge in [0, 0.05) is 0 Å². The third kappa shape index (κ3) is 4.30. The van der Waals surface area contributed by atoms with Crippen molar-refractivity contribution in [1.29, 1.82) is 0 Å². The third-order valence-corrected chi connectivity index (χ3v) is 2.96. The van der Waals surface area contributed by atoms with Crippen molar-refractivity contribution >= 4 is 17.7 Å². The molecule has 0 saturated carbocycles. The second-order valence-corrected chi connectivity index (χ2v) is 4.55. The van der Waals surface area contributed by atoms with Crippen LogP contribution in [0.4, 0.5) is 14.9 Å². The minimum Gasteiger partial charge on any atom is -0.467 e. The number of methoxy groups -OCH3 is 1. The lowest BCUT2D eigenvalue weighted by atomic mass is 10.2. The Morgan fingerprint density at radius 1 is 1.39 bits per heavy atom. The van der Waals surface area contributed by atoms with Gasteiger partial charge in [0.15, 0.2) is 0 Å². The minimum atomic E-state index is -1.03. The van der Waals surface area contributed by atoms with Crippen molar-refractivity contribution in [3.8, 4) is 0 Å². The maximum atomic E-state index is 13.7. The van der Waals surface area contributed by atoms with E-state index in [1.807, 2.05) is 0 Å². The summed E-state index contributed by atoms with van der Waals surface area (Å²) >= 11 is 0. The zero-order valence-electron chi connectivity index (χ0n) is 12.2. The first kappa shape index (κ1) is 16.5. The Kier molecular flexibility index (Phi) is 5.32. The number of halogens is 1. The van der Waals surface area contributed by atoms with Crippen LogP contribution in [-0.4, -0.2) is 30.8 Å². The van der Waals surface area contributed by atoms with E-state index in [4.69, 9.17) is 4.42 Å². The van der Waals surface area contributed by atoms with Crippen LogP contribution in [0.25, 0.3) is 0 Å². The van der Waals surface area contributed by atoms with Gasteiger partial charge in [0.05, 0.1) is 31.2 Å². The Morgan fingerprint density at radius 2 is 2.17 bits per heavy atom. The Bertz CT molecular complexity index is 687. The first-order valence-corrected chi connectivity index (χ1v) is 6.65. The molecule has 0 radical (unpaired) electrons. The number of furan rings is 1. The highest BCUT2D eigenvalue weighted by Gasteiger charge is 2.14. The van der Waals surface area contributed by atoms with Gasteiger partial charge in [0.2, 0.25) is 0 Å². The number of nitrogens with one attached hydrogen (secondary N) is 2. The van der Waals surface area contributed by atoms with Gasteiger partial charge in [0.1, 0.15) is 17.7 Å². The zero-order valence-corrected chi connectivity index (χ0v) is 12.2. The number of amides is 2. The molecule has 1 unspecified atom stereocenters. The molecular formula is C15H15FN2O5. The van der Waals surface area contributed by atoms with E-state index in [-0.39, 0.29) is 17.8 Å². The molecule has 0 aliphatic rings. The normalized spacial score (nSPS) is 11.6. The monoisotopic (exact) mass is 322 g/mol. The fourth-order valence-corrected chi connectivity index (χ4v) is 1.80. The lowest BCUT2D eigenvalue weighted by molar-refractivity contribution is 0.0600. The number of carbonyl (C=O) groups is 2. The Balaban J connectivity index is 1.96. The second-order valence-electron chi connectivity index (χ2n) is 4.55. The Labute approximate surface area is 131 Å². The van der Waals surface area contributed by atoms with Crippen LogP contribution in [0.2, 0.25) is 0 Å². The van der Waals surface area contributed by atoms with Crippen molar-refractivity contribution in [2.24, 2.45) is 0 Å². The van der Waals surface area contributed by atoms with Gasteiger partial charge in [-0.1, -0.05) is 0 Å². The number of hydrogen-bond acceptors (Lipinski definition) is 5. The van der Waals surface area contributed by atoms with Crippen LogP contribution < -0.4 is 10.6 Å². The molecule has 0 bridgehead atoms. The third-order valence-electron chi connectivity index (χ3n) is 2.96. The molecule has 0 spiro atoms. The van der Waals surface area contributed by atoms with E-state index in [1.165, 1.54) is 19.4 Å². The standard InChI is InChI=1S/C15H15FN2O5/c1-22-14(20)9-4-5-10(16)11(7-9)18-15(21)17-8-12(19)13-3-2-6-23-13/h2-7,12,19H,8H2,1H3,(H2,17,18,21). The number of aliphatic hydroxyl groups is 1. The molecule has 0 saturated heterocycles. The van der Waals surface area contributed by atoms with Crippen molar-refractivity contribution in [3.63, 3.8) is 0 Å². The summed E-state index contributed by atoms with van der Waals surface area (Å²) in [5.41, 5.74) is -0.0855. The van der Waals surface area contributed by atoms with E-state index < -0.39 is 23.9 Å². The first-order chi connectivity index (χ1) is 11.0. The Hall–Kier alpha value is -2.87. The van der Waals surface area contributed by atoms with Gasteiger partial charge in [-0.15, -0.1) is 0 Å². The van der Waals surface area contributed by atoms with Crippen molar-refractivity contribution in [2.45, 2.75) is 6.10 Å². The van der Waals surface area contributed by atoms with Gasteiger partial charge < -0.3 is 24.9 Å². The molecule has 0 fully saturated rings. The van der Waals surface area contributed by atoms with Crippen LogP contribution in [0.15, 0.2) is 41.0 Å². The van der Waals surface area contributed by atoms with Crippen LogP contribution in [0, 0.1) is 5.82 Å². The van der Waals surface area contributed by atoms with E-state index in [1.54, 1.807) is 12.1 Å². The highest BCUT2D eigenvalue weighted by molar-refractivity contribution is 5.94. The number of benzene rings is 1. The topological polar surface area (TPSA) is 101 Å². The molecule has 1 heterocycles. The molecule has 2 amide bonds. The van der Waals surface area contributed by atoms with Gasteiger partial charge >= 0.3 is 12.0 Å². The maximum Gasteiger partial charge on any atom is 0.337 e. The molecule has 3 N–H and O–H groups in total. The zero-order chi connectivity index (χ0) is 16.8. The fraction of sp³-hybridized carbons (Fsp3) is 0.200. The average Bonchev–Trinajstić information content (AvgIpc) is 3.08. The van der Waals surface area contributed by atoms with Crippen molar-refractivity contribution in [1.82, 2.24) is 5.32 Å². The Morgan fingerprint density at radius 3 is 2.83 bits per heavy atom.